The highest BCUT2D eigenvalue weighted by Gasteiger charge is 2.62. The highest BCUT2D eigenvalue weighted by atomic mass is 32.2. The Labute approximate surface area is 200 Å². The van der Waals surface area contributed by atoms with Crippen molar-refractivity contribution < 1.29 is 22.9 Å². The van der Waals surface area contributed by atoms with Crippen LogP contribution in [0.2, 0.25) is 0 Å². The van der Waals surface area contributed by atoms with Gasteiger partial charge in [0.25, 0.3) is 10.1 Å². The normalized spacial score (nSPS) is 43.8. The van der Waals surface area contributed by atoms with Gasteiger partial charge in [0.05, 0.1) is 11.9 Å². The molecule has 0 heterocycles. The van der Waals surface area contributed by atoms with E-state index in [-0.39, 0.29) is 24.0 Å². The van der Waals surface area contributed by atoms with Gasteiger partial charge in [0.15, 0.2) is 0 Å². The second-order valence-corrected chi connectivity index (χ2v) is 14.0. The molecule has 0 aliphatic heterocycles. The van der Waals surface area contributed by atoms with Gasteiger partial charge in [-0.05, 0) is 97.7 Å². The second-order valence-electron chi connectivity index (χ2n) is 12.4. The van der Waals surface area contributed by atoms with Gasteiger partial charge >= 0.3 is 0 Å². The van der Waals surface area contributed by atoms with E-state index >= 15 is 0 Å². The Morgan fingerprint density at radius 1 is 1.06 bits per heavy atom. The van der Waals surface area contributed by atoms with E-state index in [0.29, 0.717) is 47.3 Å². The number of fused-ring (bicyclic) bond motifs is 5. The average Bonchev–Trinajstić information content (AvgIpc) is 3.08. The summed E-state index contributed by atoms with van der Waals surface area (Å²) in [6.45, 7) is 7.23. The molecule has 0 saturated heterocycles. The molecule has 9 atom stereocenters. The summed E-state index contributed by atoms with van der Waals surface area (Å²) in [6, 6.07) is 0. The summed E-state index contributed by atoms with van der Waals surface area (Å²) in [4.78, 5) is 12.2. The van der Waals surface area contributed by atoms with Crippen LogP contribution in [0.1, 0.15) is 91.4 Å². The Morgan fingerprint density at radius 3 is 2.52 bits per heavy atom. The predicted molar refractivity (Wildman–Crippen MR) is 129 cm³/mol. The molecule has 1 amide bonds. The molecule has 4 fully saturated rings. The van der Waals surface area contributed by atoms with Crippen LogP contribution in [0.4, 0.5) is 0 Å². The van der Waals surface area contributed by atoms with Crippen LogP contribution in [-0.2, 0) is 14.9 Å². The third-order valence-electron chi connectivity index (χ3n) is 10.9. The molecule has 0 radical (unpaired) electrons. The lowest BCUT2D eigenvalue weighted by Crippen LogP contribution is -2.57. The van der Waals surface area contributed by atoms with Crippen molar-refractivity contribution in [2.24, 2.45) is 46.3 Å². The van der Waals surface area contributed by atoms with Crippen molar-refractivity contribution in [1.29, 1.82) is 0 Å². The molecule has 7 heteroatoms. The van der Waals surface area contributed by atoms with Gasteiger partial charge < -0.3 is 10.4 Å². The highest BCUT2D eigenvalue weighted by Crippen LogP contribution is 2.68. The Morgan fingerprint density at radius 2 is 1.79 bits per heavy atom. The number of nitrogens with one attached hydrogen (secondary N) is 1. The van der Waals surface area contributed by atoms with Gasteiger partial charge in [0.1, 0.15) is 0 Å². The SMILES string of the molecule is C[C@@H](CCC(=O)NCCS(=O)(=O)O)[C@@H]1CCC2[C@H]3[C@H](O)CC4CCCC[C@@]4(C)[C@@H]3CC[C@]21C. The maximum atomic E-state index is 12.2. The summed E-state index contributed by atoms with van der Waals surface area (Å²) in [5.41, 5.74) is 0.647. The van der Waals surface area contributed by atoms with Crippen LogP contribution in [0.15, 0.2) is 0 Å². The smallest absolute Gasteiger partial charge is 0.266 e. The fraction of sp³-hybridized carbons (Fsp3) is 0.962. The molecule has 4 aliphatic carbocycles. The largest absolute Gasteiger partial charge is 0.393 e. The summed E-state index contributed by atoms with van der Waals surface area (Å²) in [7, 11) is -4.05. The zero-order chi connectivity index (χ0) is 24.0. The van der Waals surface area contributed by atoms with E-state index in [0.717, 1.165) is 12.8 Å². The zero-order valence-corrected chi connectivity index (χ0v) is 21.6. The number of carbonyl (C=O) groups is 1. The molecule has 2 unspecified atom stereocenters. The average molecular weight is 484 g/mol. The van der Waals surface area contributed by atoms with Crippen LogP contribution in [0.25, 0.3) is 0 Å². The Hall–Kier alpha value is -0.660. The first-order chi connectivity index (χ1) is 15.5. The van der Waals surface area contributed by atoms with Gasteiger partial charge in [0.2, 0.25) is 5.91 Å². The van der Waals surface area contributed by atoms with E-state index in [1.54, 1.807) is 0 Å². The number of carbonyl (C=O) groups excluding carboxylic acids is 1. The molecule has 4 aliphatic rings. The van der Waals surface area contributed by atoms with Crippen molar-refractivity contribution in [2.45, 2.75) is 97.5 Å². The Bertz CT molecular complexity index is 831. The second kappa shape index (κ2) is 9.42. The molecule has 3 N–H and O–H groups in total. The van der Waals surface area contributed by atoms with Crippen molar-refractivity contribution in [1.82, 2.24) is 5.32 Å². The topological polar surface area (TPSA) is 104 Å². The third kappa shape index (κ3) is 4.88. The van der Waals surface area contributed by atoms with Crippen LogP contribution in [0.5, 0.6) is 0 Å². The Balaban J connectivity index is 1.38. The van der Waals surface area contributed by atoms with E-state index in [1.165, 1.54) is 51.4 Å². The molecule has 0 aromatic rings. The maximum Gasteiger partial charge on any atom is 0.266 e. The van der Waals surface area contributed by atoms with E-state index in [4.69, 9.17) is 4.55 Å². The van der Waals surface area contributed by atoms with E-state index in [1.807, 2.05) is 0 Å². The van der Waals surface area contributed by atoms with Gasteiger partial charge in [-0.25, -0.2) is 0 Å². The van der Waals surface area contributed by atoms with Crippen LogP contribution >= 0.6 is 0 Å². The quantitative estimate of drug-likeness (QED) is 0.465. The number of amides is 1. The van der Waals surface area contributed by atoms with Crippen LogP contribution < -0.4 is 5.32 Å². The van der Waals surface area contributed by atoms with Crippen LogP contribution in [-0.4, -0.2) is 42.4 Å². The molecule has 0 aromatic carbocycles. The molecular formula is C26H45NO5S. The number of hydrogen-bond donors (Lipinski definition) is 3. The van der Waals surface area contributed by atoms with Crippen molar-refractivity contribution in [3.8, 4) is 0 Å². The first-order valence-corrected chi connectivity index (χ1v) is 15.0. The van der Waals surface area contributed by atoms with E-state index in [2.05, 4.69) is 26.1 Å². The molecule has 0 bridgehead atoms. The fourth-order valence-corrected chi connectivity index (χ4v) is 9.56. The van der Waals surface area contributed by atoms with E-state index < -0.39 is 15.9 Å². The van der Waals surface area contributed by atoms with Gasteiger partial charge in [0, 0.05) is 13.0 Å². The predicted octanol–water partition coefficient (Wildman–Crippen LogP) is 4.43. The molecule has 6 nitrogen and oxygen atoms in total. The van der Waals surface area contributed by atoms with Gasteiger partial charge in [-0.3, -0.25) is 9.35 Å². The minimum atomic E-state index is -4.05. The van der Waals surface area contributed by atoms with Gasteiger partial charge in [-0.2, -0.15) is 8.42 Å². The summed E-state index contributed by atoms with van der Waals surface area (Å²) >= 11 is 0. The molecule has 4 rings (SSSR count). The van der Waals surface area contributed by atoms with Crippen molar-refractivity contribution in [3.63, 3.8) is 0 Å². The summed E-state index contributed by atoms with van der Waals surface area (Å²) < 4.78 is 30.5. The molecule has 0 spiro atoms. The van der Waals surface area contributed by atoms with Crippen LogP contribution in [0, 0.1) is 46.3 Å². The van der Waals surface area contributed by atoms with Crippen molar-refractivity contribution in [3.05, 3.63) is 0 Å². The molecule has 0 aromatic heterocycles. The van der Waals surface area contributed by atoms with Crippen LogP contribution in [0.3, 0.4) is 0 Å². The summed E-state index contributed by atoms with van der Waals surface area (Å²) in [5.74, 6) is 2.77. The molecule has 190 valence electrons. The minimum Gasteiger partial charge on any atom is -0.393 e. The molecule has 33 heavy (non-hydrogen) atoms. The standard InChI is InChI=1S/C26H45NO5S/c1-17(7-10-23(29)27-14-15-33(30,31)32)19-8-9-20-24-21(11-13-26(19,20)3)25(2)12-5-4-6-18(25)16-22(24)28/h17-22,24,28H,4-16H2,1-3H3,(H,27,29)(H,30,31,32)/t17-,18?,19-,20?,21+,22+,24+,25+,26-/m0/s1. The first kappa shape index (κ1) is 25.4. The van der Waals surface area contributed by atoms with Crippen molar-refractivity contribution >= 4 is 16.0 Å². The monoisotopic (exact) mass is 483 g/mol. The lowest BCUT2D eigenvalue weighted by molar-refractivity contribution is -0.164. The lowest BCUT2D eigenvalue weighted by atomic mass is 9.44. The summed E-state index contributed by atoms with van der Waals surface area (Å²) in [6.07, 6.45) is 12.2. The van der Waals surface area contributed by atoms with Crippen molar-refractivity contribution in [2.75, 3.05) is 12.3 Å². The zero-order valence-electron chi connectivity index (χ0n) is 20.8. The number of hydrogen-bond acceptors (Lipinski definition) is 4. The number of rotatable bonds is 7. The minimum absolute atomic E-state index is 0.0457. The maximum absolute atomic E-state index is 12.2. The Kier molecular flexibility index (Phi) is 7.26. The summed E-state index contributed by atoms with van der Waals surface area (Å²) in [5, 5.41) is 14.0. The van der Waals surface area contributed by atoms with Gasteiger partial charge in [-0.1, -0.05) is 33.6 Å². The third-order valence-corrected chi connectivity index (χ3v) is 11.6. The molecule has 4 saturated carbocycles. The lowest BCUT2D eigenvalue weighted by Gasteiger charge is -2.62. The van der Waals surface area contributed by atoms with E-state index in [9.17, 15) is 18.3 Å². The first-order valence-electron chi connectivity index (χ1n) is 13.4. The highest BCUT2D eigenvalue weighted by molar-refractivity contribution is 7.85. The fourth-order valence-electron chi connectivity index (χ4n) is 9.20. The molecular weight excluding hydrogens is 438 g/mol. The number of aliphatic hydroxyl groups is 1. The van der Waals surface area contributed by atoms with Gasteiger partial charge in [-0.15, -0.1) is 0 Å². The number of aliphatic hydroxyl groups excluding tert-OH is 1.